The summed E-state index contributed by atoms with van der Waals surface area (Å²) in [5.74, 6) is 0.302. The second kappa shape index (κ2) is 9.62. The van der Waals surface area contributed by atoms with E-state index < -0.39 is 18.3 Å². The van der Waals surface area contributed by atoms with Crippen LogP contribution < -0.4 is 4.74 Å². The second-order valence-corrected chi connectivity index (χ2v) is 7.82. The summed E-state index contributed by atoms with van der Waals surface area (Å²) in [5, 5.41) is 4.03. The van der Waals surface area contributed by atoms with Crippen molar-refractivity contribution in [3.63, 3.8) is 0 Å². The first-order chi connectivity index (χ1) is 15.8. The van der Waals surface area contributed by atoms with Gasteiger partial charge in [0.1, 0.15) is 5.75 Å². The van der Waals surface area contributed by atoms with Crippen LogP contribution in [-0.4, -0.2) is 58.6 Å². The Labute approximate surface area is 188 Å². The van der Waals surface area contributed by atoms with Crippen LogP contribution in [0, 0.1) is 6.92 Å². The van der Waals surface area contributed by atoms with Crippen molar-refractivity contribution < 1.29 is 27.2 Å². The molecule has 0 atom stereocenters. The SMILES string of the molecule is Cc1ccc(-c2noc(CN3CCN(C(=O)COc4ccccc4C(F)(F)F)CC3)n2)cc1. The third-order valence-electron chi connectivity index (χ3n) is 5.41. The highest BCUT2D eigenvalue weighted by Gasteiger charge is 2.34. The fraction of sp³-hybridized carbons (Fsp3) is 0.348. The van der Waals surface area contributed by atoms with E-state index in [1.165, 1.54) is 18.2 Å². The zero-order chi connectivity index (χ0) is 23.4. The second-order valence-electron chi connectivity index (χ2n) is 7.82. The summed E-state index contributed by atoms with van der Waals surface area (Å²) in [4.78, 5) is 20.5. The van der Waals surface area contributed by atoms with Crippen molar-refractivity contribution in [2.75, 3.05) is 32.8 Å². The molecule has 0 bridgehead atoms. The summed E-state index contributed by atoms with van der Waals surface area (Å²) < 4.78 is 49.7. The number of aryl methyl sites for hydroxylation is 1. The van der Waals surface area contributed by atoms with Gasteiger partial charge in [0.2, 0.25) is 11.7 Å². The molecule has 1 fully saturated rings. The highest BCUT2D eigenvalue weighted by Crippen LogP contribution is 2.35. The predicted molar refractivity (Wildman–Crippen MR) is 113 cm³/mol. The Morgan fingerprint density at radius 2 is 1.76 bits per heavy atom. The minimum atomic E-state index is -4.54. The Balaban J connectivity index is 1.26. The number of aromatic nitrogens is 2. The minimum Gasteiger partial charge on any atom is -0.483 e. The van der Waals surface area contributed by atoms with E-state index in [-0.39, 0.29) is 11.7 Å². The van der Waals surface area contributed by atoms with Crippen LogP contribution >= 0.6 is 0 Å². The number of para-hydroxylation sites is 1. The van der Waals surface area contributed by atoms with Crippen LogP contribution in [0.25, 0.3) is 11.4 Å². The van der Waals surface area contributed by atoms with E-state index >= 15 is 0 Å². The zero-order valence-electron chi connectivity index (χ0n) is 18.0. The van der Waals surface area contributed by atoms with Gasteiger partial charge in [-0.15, -0.1) is 0 Å². The number of nitrogens with zero attached hydrogens (tertiary/aromatic N) is 4. The predicted octanol–water partition coefficient (Wildman–Crippen LogP) is 3.79. The fourth-order valence-corrected chi connectivity index (χ4v) is 3.54. The highest BCUT2D eigenvalue weighted by atomic mass is 19.4. The standard InChI is InChI=1S/C23H23F3N4O3/c1-16-6-8-17(9-7-16)22-27-20(33-28-22)14-29-10-12-30(13-11-29)21(31)15-32-19-5-3-2-4-18(19)23(24,25)26/h2-9H,10-15H2,1H3. The number of rotatable bonds is 6. The maximum absolute atomic E-state index is 13.1. The molecular weight excluding hydrogens is 437 g/mol. The van der Waals surface area contributed by atoms with E-state index in [0.29, 0.717) is 44.4 Å². The van der Waals surface area contributed by atoms with Crippen LogP contribution in [0.2, 0.25) is 0 Å². The van der Waals surface area contributed by atoms with Crippen molar-refractivity contribution in [1.29, 1.82) is 0 Å². The Hall–Kier alpha value is -3.40. The number of alkyl halides is 3. The lowest BCUT2D eigenvalue weighted by Gasteiger charge is -2.33. The number of hydrogen-bond donors (Lipinski definition) is 0. The van der Waals surface area contributed by atoms with E-state index in [4.69, 9.17) is 9.26 Å². The smallest absolute Gasteiger partial charge is 0.419 e. The molecule has 0 aliphatic carbocycles. The molecule has 1 aliphatic heterocycles. The summed E-state index contributed by atoms with van der Waals surface area (Å²) in [6, 6.07) is 12.7. The van der Waals surface area contributed by atoms with Gasteiger partial charge in [0.15, 0.2) is 6.61 Å². The van der Waals surface area contributed by atoms with Crippen LogP contribution in [-0.2, 0) is 17.5 Å². The molecule has 2 aromatic carbocycles. The first-order valence-electron chi connectivity index (χ1n) is 10.5. The number of hydrogen-bond acceptors (Lipinski definition) is 6. The van der Waals surface area contributed by atoms with Crippen molar-refractivity contribution in [3.05, 3.63) is 65.5 Å². The number of amides is 1. The van der Waals surface area contributed by atoms with E-state index in [1.807, 2.05) is 31.2 Å². The Morgan fingerprint density at radius 1 is 1.06 bits per heavy atom. The topological polar surface area (TPSA) is 71.7 Å². The Bertz CT molecular complexity index is 1090. The summed E-state index contributed by atoms with van der Waals surface area (Å²) >= 11 is 0. The summed E-state index contributed by atoms with van der Waals surface area (Å²) in [7, 11) is 0. The van der Waals surface area contributed by atoms with Crippen LogP contribution in [0.3, 0.4) is 0 Å². The molecule has 1 aliphatic rings. The molecule has 7 nitrogen and oxygen atoms in total. The summed E-state index contributed by atoms with van der Waals surface area (Å²) in [6.07, 6.45) is -4.54. The number of ether oxygens (including phenoxy) is 1. The average Bonchev–Trinajstić information content (AvgIpc) is 3.26. The lowest BCUT2D eigenvalue weighted by molar-refractivity contribution is -0.141. The molecule has 1 aromatic heterocycles. The van der Waals surface area contributed by atoms with Gasteiger partial charge in [0.05, 0.1) is 12.1 Å². The molecule has 10 heteroatoms. The average molecular weight is 460 g/mol. The Morgan fingerprint density at radius 3 is 2.45 bits per heavy atom. The molecule has 3 aromatic rings. The molecule has 1 amide bonds. The summed E-state index contributed by atoms with van der Waals surface area (Å²) in [5.41, 5.74) is 1.12. The summed E-state index contributed by atoms with van der Waals surface area (Å²) in [6.45, 7) is 4.03. The van der Waals surface area contributed by atoms with Crippen molar-refractivity contribution >= 4 is 5.91 Å². The Kier molecular flexibility index (Phi) is 6.64. The molecule has 2 heterocycles. The number of benzene rings is 2. The van der Waals surface area contributed by atoms with E-state index in [1.54, 1.807) is 4.90 Å². The number of carbonyl (C=O) groups excluding carboxylic acids is 1. The third-order valence-corrected chi connectivity index (χ3v) is 5.41. The van der Waals surface area contributed by atoms with Crippen LogP contribution in [0.15, 0.2) is 53.1 Å². The lowest BCUT2D eigenvalue weighted by atomic mass is 10.1. The minimum absolute atomic E-state index is 0.349. The zero-order valence-corrected chi connectivity index (χ0v) is 18.0. The highest BCUT2D eigenvalue weighted by molar-refractivity contribution is 5.78. The van der Waals surface area contributed by atoms with Crippen LogP contribution in [0.4, 0.5) is 13.2 Å². The molecule has 1 saturated heterocycles. The molecule has 4 rings (SSSR count). The van der Waals surface area contributed by atoms with Crippen molar-refractivity contribution in [3.8, 4) is 17.1 Å². The van der Waals surface area contributed by atoms with Crippen LogP contribution in [0.1, 0.15) is 17.0 Å². The lowest BCUT2D eigenvalue weighted by Crippen LogP contribution is -2.49. The van der Waals surface area contributed by atoms with Gasteiger partial charge >= 0.3 is 6.18 Å². The molecule has 174 valence electrons. The number of carbonyl (C=O) groups is 1. The van der Waals surface area contributed by atoms with E-state index in [0.717, 1.165) is 17.2 Å². The third kappa shape index (κ3) is 5.70. The normalized spacial score (nSPS) is 15.0. The van der Waals surface area contributed by atoms with E-state index in [2.05, 4.69) is 15.0 Å². The van der Waals surface area contributed by atoms with Crippen molar-refractivity contribution in [2.45, 2.75) is 19.6 Å². The number of piperazine rings is 1. The van der Waals surface area contributed by atoms with Crippen LogP contribution in [0.5, 0.6) is 5.75 Å². The van der Waals surface area contributed by atoms with Gasteiger partial charge < -0.3 is 14.2 Å². The largest absolute Gasteiger partial charge is 0.483 e. The maximum Gasteiger partial charge on any atom is 0.419 e. The van der Waals surface area contributed by atoms with Gasteiger partial charge in [-0.2, -0.15) is 18.2 Å². The first kappa shape index (κ1) is 22.8. The first-order valence-corrected chi connectivity index (χ1v) is 10.5. The van der Waals surface area contributed by atoms with Gasteiger partial charge in [-0.3, -0.25) is 9.69 Å². The molecular formula is C23H23F3N4O3. The molecule has 0 unspecified atom stereocenters. The van der Waals surface area contributed by atoms with Gasteiger partial charge in [-0.25, -0.2) is 0 Å². The maximum atomic E-state index is 13.1. The fourth-order valence-electron chi connectivity index (χ4n) is 3.54. The van der Waals surface area contributed by atoms with Gasteiger partial charge in [-0.05, 0) is 19.1 Å². The molecule has 0 spiro atoms. The molecule has 0 saturated carbocycles. The molecule has 0 N–H and O–H groups in total. The van der Waals surface area contributed by atoms with Crippen molar-refractivity contribution in [2.24, 2.45) is 0 Å². The van der Waals surface area contributed by atoms with E-state index in [9.17, 15) is 18.0 Å². The number of halogens is 3. The van der Waals surface area contributed by atoms with Gasteiger partial charge in [0.25, 0.3) is 5.91 Å². The van der Waals surface area contributed by atoms with Gasteiger partial charge in [-0.1, -0.05) is 47.1 Å². The van der Waals surface area contributed by atoms with Gasteiger partial charge in [0, 0.05) is 31.7 Å². The van der Waals surface area contributed by atoms with Crippen molar-refractivity contribution in [1.82, 2.24) is 19.9 Å². The molecule has 0 radical (unpaired) electrons. The molecule has 33 heavy (non-hydrogen) atoms. The quantitative estimate of drug-likeness (QED) is 0.558. The monoisotopic (exact) mass is 460 g/mol.